The molecule has 0 aromatic carbocycles. The molecule has 3 atom stereocenters. The van der Waals surface area contributed by atoms with E-state index in [4.69, 9.17) is 28.1 Å². The lowest BCUT2D eigenvalue weighted by atomic mass is 9.97. The molecule has 0 saturated heterocycles. The van der Waals surface area contributed by atoms with E-state index in [0.717, 1.165) is 0 Å². The van der Waals surface area contributed by atoms with Crippen LogP contribution in [0.15, 0.2) is 0 Å². The molecule has 0 aliphatic carbocycles. The molecule has 0 unspecified atom stereocenters. The minimum absolute atomic E-state index is 0.0449. The van der Waals surface area contributed by atoms with Crippen molar-refractivity contribution in [1.82, 2.24) is 0 Å². The smallest absolute Gasteiger partial charge is 0.110 e. The van der Waals surface area contributed by atoms with Crippen LogP contribution in [0.3, 0.4) is 0 Å². The maximum atomic E-state index is 9.01. The predicted octanol–water partition coefficient (Wildman–Crippen LogP) is -0.847. The molecule has 2 radical (unpaired) electrons. The van der Waals surface area contributed by atoms with Crippen LogP contribution in [-0.2, 0) is 4.74 Å². The zero-order chi connectivity index (χ0) is 9.56. The van der Waals surface area contributed by atoms with Gasteiger partial charge < -0.3 is 14.9 Å². The first kappa shape index (κ1) is 11.4. The van der Waals surface area contributed by atoms with Gasteiger partial charge in [-0.05, 0) is 6.92 Å². The fourth-order valence-electron chi connectivity index (χ4n) is 0.672. The normalized spacial score (nSPS) is 17.8. The van der Waals surface area contributed by atoms with Gasteiger partial charge in [-0.15, -0.1) is 0 Å². The number of ether oxygens (including phenoxy) is 1. The molecule has 12 heavy (non-hydrogen) atoms. The van der Waals surface area contributed by atoms with Gasteiger partial charge in [0.2, 0.25) is 0 Å². The van der Waals surface area contributed by atoms with Crippen molar-refractivity contribution in [2.45, 2.75) is 31.6 Å². The van der Waals surface area contributed by atoms with Gasteiger partial charge in [0.1, 0.15) is 14.0 Å². The molecular weight excluding hydrogens is 157 g/mol. The molecule has 0 bridgehead atoms. The van der Waals surface area contributed by atoms with Crippen LogP contribution >= 0.6 is 0 Å². The fraction of sp³-hybridized carbons (Fsp3) is 0.857. The van der Waals surface area contributed by atoms with E-state index in [0.29, 0.717) is 0 Å². The van der Waals surface area contributed by atoms with E-state index in [-0.39, 0.29) is 13.0 Å². The average Bonchev–Trinajstić information content (AvgIpc) is 2.00. The third-order valence-electron chi connectivity index (χ3n) is 1.36. The van der Waals surface area contributed by atoms with Crippen LogP contribution in [0.5, 0.6) is 0 Å². The second kappa shape index (κ2) is 6.01. The summed E-state index contributed by atoms with van der Waals surface area (Å²) in [6, 6.07) is 1.07. The highest BCUT2D eigenvalue weighted by atomic mass is 16.5. The van der Waals surface area contributed by atoms with Crippen molar-refractivity contribution in [3.8, 4) is 6.07 Å². The third kappa shape index (κ3) is 4.34. The van der Waals surface area contributed by atoms with E-state index in [1.54, 1.807) is 0 Å². The maximum absolute atomic E-state index is 9.01. The summed E-state index contributed by atoms with van der Waals surface area (Å²) in [7, 11) is 5.33. The molecule has 0 rings (SSSR count). The lowest BCUT2D eigenvalue weighted by Crippen LogP contribution is -2.34. The largest absolute Gasteiger partial charge is 0.394 e. The van der Waals surface area contributed by atoms with Crippen molar-refractivity contribution in [2.24, 2.45) is 0 Å². The van der Waals surface area contributed by atoms with Crippen LogP contribution in [0, 0.1) is 11.3 Å². The van der Waals surface area contributed by atoms with Crippen molar-refractivity contribution in [3.63, 3.8) is 0 Å². The minimum atomic E-state index is -0.792. The molecular formula is C7H12BNO3. The van der Waals surface area contributed by atoms with Crippen molar-refractivity contribution in [2.75, 3.05) is 6.61 Å². The van der Waals surface area contributed by atoms with Crippen LogP contribution in [0.4, 0.5) is 0 Å². The Morgan fingerprint density at radius 1 is 1.67 bits per heavy atom. The first-order valence-electron chi connectivity index (χ1n) is 3.68. The Hall–Kier alpha value is -0.565. The first-order valence-corrected chi connectivity index (χ1v) is 3.68. The zero-order valence-corrected chi connectivity index (χ0v) is 6.97. The number of hydrogen-bond acceptors (Lipinski definition) is 4. The number of aliphatic hydroxyl groups excluding tert-OH is 2. The SMILES string of the molecule is [B][C@@H](CC#N)O[C@H](CO)[C@H](C)O. The van der Waals surface area contributed by atoms with E-state index >= 15 is 0 Å². The molecule has 0 fully saturated rings. The Morgan fingerprint density at radius 3 is 2.58 bits per heavy atom. The van der Waals surface area contributed by atoms with Crippen LogP contribution in [0.1, 0.15) is 13.3 Å². The summed E-state index contributed by atoms with van der Waals surface area (Å²) in [6.45, 7) is 1.18. The molecule has 2 N–H and O–H groups in total. The Kier molecular flexibility index (Phi) is 5.72. The number of aliphatic hydroxyl groups is 2. The number of rotatable bonds is 5. The van der Waals surface area contributed by atoms with Crippen molar-refractivity contribution in [3.05, 3.63) is 0 Å². The molecule has 0 saturated carbocycles. The fourth-order valence-corrected chi connectivity index (χ4v) is 0.672. The van der Waals surface area contributed by atoms with Crippen molar-refractivity contribution < 1.29 is 14.9 Å². The van der Waals surface area contributed by atoms with Gasteiger partial charge in [0, 0.05) is 6.00 Å². The average molecular weight is 169 g/mol. The highest BCUT2D eigenvalue weighted by Crippen LogP contribution is 2.03. The Bertz CT molecular complexity index is 157. The van der Waals surface area contributed by atoms with Gasteiger partial charge in [0.05, 0.1) is 25.2 Å². The second-order valence-electron chi connectivity index (χ2n) is 2.50. The number of nitriles is 1. The van der Waals surface area contributed by atoms with Gasteiger partial charge in [-0.3, -0.25) is 0 Å². The molecule has 0 aliphatic rings. The summed E-state index contributed by atoms with van der Waals surface area (Å²) in [5, 5.41) is 25.9. The van der Waals surface area contributed by atoms with E-state index in [2.05, 4.69) is 0 Å². The number of nitrogens with zero attached hydrogens (tertiary/aromatic N) is 1. The van der Waals surface area contributed by atoms with E-state index in [9.17, 15) is 0 Å². The quantitative estimate of drug-likeness (QED) is 0.526. The maximum Gasteiger partial charge on any atom is 0.110 e. The van der Waals surface area contributed by atoms with Gasteiger partial charge in [-0.25, -0.2) is 0 Å². The summed E-state index contributed by atoms with van der Waals surface area (Å²) in [5.74, 6) is 0. The molecule has 0 amide bonds. The molecule has 4 nitrogen and oxygen atoms in total. The summed E-state index contributed by atoms with van der Waals surface area (Å²) < 4.78 is 4.96. The topological polar surface area (TPSA) is 73.5 Å². The molecule has 5 heteroatoms. The zero-order valence-electron chi connectivity index (χ0n) is 6.97. The molecule has 0 aromatic rings. The van der Waals surface area contributed by atoms with Gasteiger partial charge in [0.25, 0.3) is 0 Å². The molecule has 0 aromatic heterocycles. The Labute approximate surface area is 73.2 Å². The van der Waals surface area contributed by atoms with E-state index < -0.39 is 18.2 Å². The van der Waals surface area contributed by atoms with E-state index in [1.807, 2.05) is 6.07 Å². The summed E-state index contributed by atoms with van der Waals surface area (Å²) >= 11 is 0. The third-order valence-corrected chi connectivity index (χ3v) is 1.36. The van der Waals surface area contributed by atoms with Crippen LogP contribution in [-0.4, -0.2) is 42.9 Å². The lowest BCUT2D eigenvalue weighted by Gasteiger charge is -2.21. The minimum Gasteiger partial charge on any atom is -0.394 e. The van der Waals surface area contributed by atoms with Gasteiger partial charge >= 0.3 is 0 Å². The van der Waals surface area contributed by atoms with E-state index in [1.165, 1.54) is 6.92 Å². The molecule has 0 spiro atoms. The number of hydrogen-bond donors (Lipinski definition) is 2. The van der Waals surface area contributed by atoms with Crippen LogP contribution in [0.2, 0.25) is 0 Å². The van der Waals surface area contributed by atoms with Crippen molar-refractivity contribution in [1.29, 1.82) is 5.26 Å². The highest BCUT2D eigenvalue weighted by molar-refractivity contribution is 6.11. The molecule has 66 valence electrons. The van der Waals surface area contributed by atoms with Gasteiger partial charge in [0.15, 0.2) is 0 Å². The predicted molar refractivity (Wildman–Crippen MR) is 43.4 cm³/mol. The second-order valence-corrected chi connectivity index (χ2v) is 2.50. The highest BCUT2D eigenvalue weighted by Gasteiger charge is 2.16. The van der Waals surface area contributed by atoms with Crippen LogP contribution < -0.4 is 0 Å². The lowest BCUT2D eigenvalue weighted by molar-refractivity contribution is -0.0671. The molecule has 0 heterocycles. The van der Waals surface area contributed by atoms with Gasteiger partial charge in [-0.1, -0.05) is 0 Å². The Balaban J connectivity index is 3.78. The first-order chi connectivity index (χ1) is 5.61. The monoisotopic (exact) mass is 169 g/mol. The summed E-state index contributed by atoms with van der Waals surface area (Å²) in [4.78, 5) is 0. The summed E-state index contributed by atoms with van der Waals surface area (Å²) in [5.41, 5.74) is 0. The Morgan fingerprint density at radius 2 is 2.25 bits per heavy atom. The van der Waals surface area contributed by atoms with Gasteiger partial charge in [-0.2, -0.15) is 5.26 Å². The van der Waals surface area contributed by atoms with Crippen LogP contribution in [0.25, 0.3) is 0 Å². The standard InChI is InChI=1S/C7H12BNO3/c1-5(11)6(4-10)12-7(8)2-3-9/h5-7,10-11H,2,4H2,1H3/t5-,6+,7+/m0/s1. The molecule has 0 aliphatic heterocycles. The summed E-state index contributed by atoms with van der Waals surface area (Å²) in [6.07, 6.45) is -1.46. The van der Waals surface area contributed by atoms with Crippen molar-refractivity contribution >= 4 is 7.85 Å².